The summed E-state index contributed by atoms with van der Waals surface area (Å²) in [6.07, 6.45) is -0.824. The molecule has 0 radical (unpaired) electrons. The molecular formula is C22H19N3O2. The molecule has 3 aromatic rings. The molecule has 0 fully saturated rings. The maximum absolute atomic E-state index is 11.3. The Morgan fingerprint density at radius 3 is 2.26 bits per heavy atom. The zero-order chi connectivity index (χ0) is 18.8. The third kappa shape index (κ3) is 3.28. The largest absolute Gasteiger partial charge is 0.369 e. The highest BCUT2D eigenvalue weighted by molar-refractivity contribution is 6.03. The first-order chi connectivity index (χ1) is 13.1. The molecule has 1 aliphatic rings. The van der Waals surface area contributed by atoms with E-state index in [1.165, 1.54) is 0 Å². The van der Waals surface area contributed by atoms with Gasteiger partial charge in [-0.3, -0.25) is 4.79 Å². The average molecular weight is 357 g/mol. The Labute approximate surface area is 157 Å². The summed E-state index contributed by atoms with van der Waals surface area (Å²) in [5, 5.41) is 17.2. The zero-order valence-corrected chi connectivity index (χ0v) is 14.5. The van der Waals surface area contributed by atoms with Crippen molar-refractivity contribution in [1.82, 2.24) is 0 Å². The molecule has 5 heteroatoms. The number of fused-ring (bicyclic) bond motifs is 1. The van der Waals surface area contributed by atoms with Gasteiger partial charge in [0.15, 0.2) is 6.23 Å². The van der Waals surface area contributed by atoms with Crippen molar-refractivity contribution in [2.75, 3.05) is 10.6 Å². The van der Waals surface area contributed by atoms with Gasteiger partial charge in [-0.15, -0.1) is 0 Å². The maximum atomic E-state index is 11.3. The van der Waals surface area contributed by atoms with E-state index in [1.54, 1.807) is 24.3 Å². The lowest BCUT2D eigenvalue weighted by Gasteiger charge is -2.17. The van der Waals surface area contributed by atoms with Crippen molar-refractivity contribution < 1.29 is 9.90 Å². The molecule has 134 valence electrons. The van der Waals surface area contributed by atoms with E-state index >= 15 is 0 Å². The number of amides is 1. The first kappa shape index (κ1) is 16.9. The summed E-state index contributed by atoms with van der Waals surface area (Å²) in [5.41, 5.74) is 10.9. The topological polar surface area (TPSA) is 87.4 Å². The number of primary amides is 1. The third-order valence-electron chi connectivity index (χ3n) is 4.55. The number of hydrogen-bond acceptors (Lipinski definition) is 4. The van der Waals surface area contributed by atoms with Crippen LogP contribution in [0, 0.1) is 0 Å². The summed E-state index contributed by atoms with van der Waals surface area (Å²) in [6, 6.07) is 24.6. The summed E-state index contributed by atoms with van der Waals surface area (Å²) in [5.74, 6) is -0.465. The predicted octanol–water partition coefficient (Wildman–Crippen LogP) is 3.51. The molecule has 27 heavy (non-hydrogen) atoms. The highest BCUT2D eigenvalue weighted by Gasteiger charge is 2.28. The number of anilines is 2. The van der Waals surface area contributed by atoms with E-state index in [9.17, 15) is 9.90 Å². The molecule has 5 N–H and O–H groups in total. The van der Waals surface area contributed by atoms with Gasteiger partial charge in [0.25, 0.3) is 0 Å². The fourth-order valence-corrected chi connectivity index (χ4v) is 3.24. The first-order valence-corrected chi connectivity index (χ1v) is 8.64. The third-order valence-corrected chi connectivity index (χ3v) is 4.55. The van der Waals surface area contributed by atoms with Crippen molar-refractivity contribution in [2.45, 2.75) is 6.23 Å². The second-order valence-electron chi connectivity index (χ2n) is 6.31. The number of hydrogen-bond donors (Lipinski definition) is 4. The van der Waals surface area contributed by atoms with Gasteiger partial charge >= 0.3 is 0 Å². The van der Waals surface area contributed by atoms with Crippen molar-refractivity contribution in [3.63, 3.8) is 0 Å². The van der Waals surface area contributed by atoms with Gasteiger partial charge in [0, 0.05) is 28.1 Å². The highest BCUT2D eigenvalue weighted by atomic mass is 16.3. The van der Waals surface area contributed by atoms with Crippen LogP contribution in [0.25, 0.3) is 11.3 Å². The normalized spacial score (nSPS) is 17.0. The van der Waals surface area contributed by atoms with Crippen LogP contribution in [0.1, 0.15) is 21.5 Å². The minimum atomic E-state index is -0.824. The van der Waals surface area contributed by atoms with Crippen LogP contribution in [-0.4, -0.2) is 17.2 Å². The van der Waals surface area contributed by atoms with Gasteiger partial charge in [-0.05, 0) is 35.9 Å². The lowest BCUT2D eigenvalue weighted by Crippen LogP contribution is -2.16. The lowest BCUT2D eigenvalue weighted by atomic mass is 9.99. The molecule has 1 unspecified atom stereocenters. The van der Waals surface area contributed by atoms with Crippen LogP contribution in [-0.2, 0) is 0 Å². The number of benzene rings is 3. The van der Waals surface area contributed by atoms with Gasteiger partial charge in [-0.2, -0.15) is 0 Å². The van der Waals surface area contributed by atoms with E-state index in [-0.39, 0.29) is 0 Å². The van der Waals surface area contributed by atoms with E-state index in [0.29, 0.717) is 5.56 Å². The highest BCUT2D eigenvalue weighted by Crippen LogP contribution is 2.39. The first-order valence-electron chi connectivity index (χ1n) is 8.64. The van der Waals surface area contributed by atoms with Crippen molar-refractivity contribution in [2.24, 2.45) is 5.73 Å². The molecule has 4 rings (SSSR count). The summed E-state index contributed by atoms with van der Waals surface area (Å²) >= 11 is 0. The van der Waals surface area contributed by atoms with Crippen LogP contribution in [0.3, 0.4) is 0 Å². The Bertz CT molecular complexity index is 1010. The van der Waals surface area contributed by atoms with Crippen molar-refractivity contribution in [3.05, 3.63) is 95.6 Å². The van der Waals surface area contributed by atoms with Gasteiger partial charge in [0.1, 0.15) is 0 Å². The van der Waals surface area contributed by atoms with Crippen LogP contribution < -0.4 is 16.4 Å². The molecule has 1 amide bonds. The molecule has 0 aliphatic carbocycles. The average Bonchev–Trinajstić information content (AvgIpc) is 3.03. The number of nitrogens with two attached hydrogens (primary N) is 1. The number of para-hydroxylation sites is 1. The molecule has 0 bridgehead atoms. The standard InChI is InChI=1S/C22H19N3O2/c23-21(26)15-10-12-16(13-11-15)24-20(14-6-2-1-3-7-14)19-17-8-4-5-9-18(17)25-22(19)27/h1-13,22,24-25,27H,(H2,23,26)/b20-19-. The van der Waals surface area contributed by atoms with Crippen LogP contribution in [0.15, 0.2) is 78.9 Å². The molecule has 5 nitrogen and oxygen atoms in total. The SMILES string of the molecule is NC(=O)c1ccc(N/C(=C2/c3ccccc3NC2O)c2ccccc2)cc1. The second kappa shape index (κ2) is 6.97. The molecule has 0 saturated carbocycles. The van der Waals surface area contributed by atoms with E-state index < -0.39 is 12.1 Å². The van der Waals surface area contributed by atoms with Crippen LogP contribution in [0.2, 0.25) is 0 Å². The van der Waals surface area contributed by atoms with Gasteiger partial charge in [0.2, 0.25) is 5.91 Å². The molecule has 1 atom stereocenters. The van der Waals surface area contributed by atoms with Gasteiger partial charge < -0.3 is 21.5 Å². The Balaban J connectivity index is 1.82. The summed E-state index contributed by atoms with van der Waals surface area (Å²) in [4.78, 5) is 11.3. The van der Waals surface area contributed by atoms with Gasteiger partial charge in [-0.1, -0.05) is 48.5 Å². The van der Waals surface area contributed by atoms with Crippen molar-refractivity contribution >= 4 is 28.6 Å². The minimum absolute atomic E-state index is 0.447. The summed E-state index contributed by atoms with van der Waals surface area (Å²) in [6.45, 7) is 0. The minimum Gasteiger partial charge on any atom is -0.369 e. The number of rotatable bonds is 4. The molecule has 1 heterocycles. The monoisotopic (exact) mass is 357 g/mol. The van der Waals surface area contributed by atoms with Gasteiger partial charge in [0.05, 0.1) is 5.70 Å². The fourth-order valence-electron chi connectivity index (χ4n) is 3.24. The predicted molar refractivity (Wildman–Crippen MR) is 108 cm³/mol. The summed E-state index contributed by atoms with van der Waals surface area (Å²) in [7, 11) is 0. The Morgan fingerprint density at radius 1 is 0.889 bits per heavy atom. The number of aliphatic hydroxyl groups excluding tert-OH is 1. The molecule has 0 aromatic heterocycles. The van der Waals surface area contributed by atoms with Gasteiger partial charge in [-0.25, -0.2) is 0 Å². The number of carbonyl (C=O) groups is 1. The lowest BCUT2D eigenvalue weighted by molar-refractivity contribution is 0.100. The van der Waals surface area contributed by atoms with E-state index in [2.05, 4.69) is 10.6 Å². The molecular weight excluding hydrogens is 338 g/mol. The zero-order valence-electron chi connectivity index (χ0n) is 14.5. The Morgan fingerprint density at radius 2 is 1.56 bits per heavy atom. The Hall–Kier alpha value is -3.57. The second-order valence-corrected chi connectivity index (χ2v) is 6.31. The van der Waals surface area contributed by atoms with E-state index in [0.717, 1.165) is 33.8 Å². The maximum Gasteiger partial charge on any atom is 0.248 e. The molecule has 0 saturated heterocycles. The molecule has 0 spiro atoms. The van der Waals surface area contributed by atoms with Crippen LogP contribution in [0.5, 0.6) is 0 Å². The van der Waals surface area contributed by atoms with E-state index in [1.807, 2.05) is 54.6 Å². The van der Waals surface area contributed by atoms with Crippen molar-refractivity contribution in [3.8, 4) is 0 Å². The number of nitrogens with one attached hydrogen (secondary N) is 2. The Kier molecular flexibility index (Phi) is 4.36. The van der Waals surface area contributed by atoms with Crippen LogP contribution in [0.4, 0.5) is 11.4 Å². The quantitative estimate of drug-likeness (QED) is 0.575. The fraction of sp³-hybridized carbons (Fsp3) is 0.0455. The number of aliphatic hydroxyl groups is 1. The molecule has 1 aliphatic heterocycles. The number of carbonyl (C=O) groups excluding carboxylic acids is 1. The molecule has 3 aromatic carbocycles. The smallest absolute Gasteiger partial charge is 0.248 e. The van der Waals surface area contributed by atoms with Crippen LogP contribution >= 0.6 is 0 Å². The van der Waals surface area contributed by atoms with Crippen molar-refractivity contribution in [1.29, 1.82) is 0 Å². The van der Waals surface area contributed by atoms with E-state index in [4.69, 9.17) is 5.73 Å². The summed E-state index contributed by atoms with van der Waals surface area (Å²) < 4.78 is 0.